The average Bonchev–Trinajstić information content (AvgIpc) is 2.92. The van der Waals surface area contributed by atoms with Gasteiger partial charge in [0.1, 0.15) is 0 Å². The van der Waals surface area contributed by atoms with Gasteiger partial charge in [0, 0.05) is 23.5 Å². The van der Waals surface area contributed by atoms with Gasteiger partial charge in [-0.05, 0) is 54.5 Å². The fraction of sp³-hybridized carbons (Fsp3) is 0.485. The second-order valence-electron chi connectivity index (χ2n) is 10.8. The third-order valence-electron chi connectivity index (χ3n) is 6.98. The number of aromatic nitrogens is 2. The zero-order chi connectivity index (χ0) is 27.3. The maximum Gasteiger partial charge on any atom is 0.314 e. The van der Waals surface area contributed by atoms with Gasteiger partial charge in [-0.25, -0.2) is 14.4 Å². The molecule has 1 heterocycles. The van der Waals surface area contributed by atoms with Crippen LogP contribution in [0.4, 0.5) is 4.39 Å². The maximum absolute atomic E-state index is 14.7. The van der Waals surface area contributed by atoms with Crippen LogP contribution in [0, 0.1) is 17.7 Å². The number of esters is 1. The molecular formula is C33H43FN2O2. The second kappa shape index (κ2) is 15.4. The van der Waals surface area contributed by atoms with E-state index in [0.717, 1.165) is 36.8 Å². The number of ether oxygens (including phenoxy) is 1. The van der Waals surface area contributed by atoms with E-state index in [4.69, 9.17) is 4.74 Å². The first-order valence-corrected chi connectivity index (χ1v) is 14.3. The summed E-state index contributed by atoms with van der Waals surface area (Å²) in [6, 6.07) is 13.0. The Bertz CT molecular complexity index is 1130. The second-order valence-corrected chi connectivity index (χ2v) is 10.8. The van der Waals surface area contributed by atoms with Crippen molar-refractivity contribution < 1.29 is 13.9 Å². The molecule has 1 atom stereocenters. The van der Waals surface area contributed by atoms with E-state index in [1.54, 1.807) is 18.5 Å². The third kappa shape index (κ3) is 9.34. The molecule has 204 valence electrons. The van der Waals surface area contributed by atoms with Gasteiger partial charge in [0.05, 0.1) is 5.92 Å². The van der Waals surface area contributed by atoms with Gasteiger partial charge in [-0.15, -0.1) is 0 Å². The van der Waals surface area contributed by atoms with Crippen LogP contribution in [0.15, 0.2) is 54.9 Å². The van der Waals surface area contributed by atoms with Crippen molar-refractivity contribution in [1.29, 1.82) is 0 Å². The first kappa shape index (κ1) is 29.5. The molecule has 0 aliphatic rings. The fourth-order valence-corrected chi connectivity index (χ4v) is 4.48. The summed E-state index contributed by atoms with van der Waals surface area (Å²) in [5.74, 6) is -0.314. The molecule has 4 nitrogen and oxygen atoms in total. The summed E-state index contributed by atoms with van der Waals surface area (Å²) < 4.78 is 20.1. The molecule has 0 fully saturated rings. The minimum Gasteiger partial charge on any atom is -0.423 e. The molecule has 0 spiro atoms. The van der Waals surface area contributed by atoms with Crippen LogP contribution in [0.25, 0.3) is 22.5 Å². The highest BCUT2D eigenvalue weighted by Crippen LogP contribution is 2.26. The van der Waals surface area contributed by atoms with Gasteiger partial charge in [0.25, 0.3) is 0 Å². The Balaban J connectivity index is 1.54. The summed E-state index contributed by atoms with van der Waals surface area (Å²) in [6.07, 6.45) is 15.2. The van der Waals surface area contributed by atoms with Crippen LogP contribution in [0.2, 0.25) is 0 Å². The molecule has 38 heavy (non-hydrogen) atoms. The van der Waals surface area contributed by atoms with Crippen LogP contribution in [0.3, 0.4) is 0 Å². The SMILES string of the molecule is CCCCCCCCc1ccc(-c2cnc(-c3ccc(OC(=O)C(C)CCCC(C)C)c(F)c3)nc2)cc1. The fourth-order valence-electron chi connectivity index (χ4n) is 4.48. The Labute approximate surface area is 228 Å². The molecule has 0 saturated heterocycles. The van der Waals surface area contributed by atoms with Crippen LogP contribution >= 0.6 is 0 Å². The molecule has 0 aliphatic heterocycles. The van der Waals surface area contributed by atoms with Gasteiger partial charge in [-0.2, -0.15) is 0 Å². The number of rotatable bonds is 15. The Kier molecular flexibility index (Phi) is 11.9. The Morgan fingerprint density at radius 1 is 0.816 bits per heavy atom. The largest absolute Gasteiger partial charge is 0.423 e. The molecule has 3 rings (SSSR count). The number of aryl methyl sites for hydroxylation is 1. The van der Waals surface area contributed by atoms with Crippen molar-refractivity contribution in [3.8, 4) is 28.3 Å². The predicted molar refractivity (Wildman–Crippen MR) is 153 cm³/mol. The lowest BCUT2D eigenvalue weighted by molar-refractivity contribution is -0.138. The molecule has 0 bridgehead atoms. The summed E-state index contributed by atoms with van der Waals surface area (Å²) in [6.45, 7) is 8.39. The van der Waals surface area contributed by atoms with E-state index >= 15 is 0 Å². The molecule has 0 amide bonds. The lowest BCUT2D eigenvalue weighted by atomic mass is 10.00. The number of carbonyl (C=O) groups is 1. The van der Waals surface area contributed by atoms with Crippen LogP contribution in [-0.4, -0.2) is 15.9 Å². The number of carbonyl (C=O) groups excluding carboxylic acids is 1. The summed E-state index contributed by atoms with van der Waals surface area (Å²) in [7, 11) is 0. The lowest BCUT2D eigenvalue weighted by Gasteiger charge is -2.13. The molecule has 0 saturated carbocycles. The molecule has 5 heteroatoms. The van der Waals surface area contributed by atoms with E-state index in [9.17, 15) is 9.18 Å². The maximum atomic E-state index is 14.7. The van der Waals surface area contributed by atoms with E-state index in [1.807, 2.05) is 6.92 Å². The van der Waals surface area contributed by atoms with E-state index in [-0.39, 0.29) is 11.7 Å². The number of halogens is 1. The minimum atomic E-state index is -0.598. The van der Waals surface area contributed by atoms with E-state index in [2.05, 4.69) is 55.0 Å². The van der Waals surface area contributed by atoms with Gasteiger partial charge >= 0.3 is 5.97 Å². The molecule has 1 unspecified atom stereocenters. The molecule has 0 radical (unpaired) electrons. The molecule has 2 aromatic carbocycles. The zero-order valence-corrected chi connectivity index (χ0v) is 23.5. The Morgan fingerprint density at radius 3 is 2.13 bits per heavy atom. The van der Waals surface area contributed by atoms with E-state index in [0.29, 0.717) is 17.3 Å². The lowest BCUT2D eigenvalue weighted by Crippen LogP contribution is -2.18. The number of unbranched alkanes of at least 4 members (excludes halogenated alkanes) is 5. The Morgan fingerprint density at radius 2 is 1.47 bits per heavy atom. The zero-order valence-electron chi connectivity index (χ0n) is 23.5. The normalized spacial score (nSPS) is 12.1. The van der Waals surface area contributed by atoms with Gasteiger partial charge in [-0.1, -0.05) is 96.9 Å². The van der Waals surface area contributed by atoms with Crippen LogP contribution in [-0.2, 0) is 11.2 Å². The van der Waals surface area contributed by atoms with Crippen molar-refractivity contribution in [2.24, 2.45) is 11.8 Å². The molecule has 0 N–H and O–H groups in total. The topological polar surface area (TPSA) is 52.1 Å². The Hall–Kier alpha value is -3.08. The highest BCUT2D eigenvalue weighted by molar-refractivity contribution is 5.75. The predicted octanol–water partition coefficient (Wildman–Crippen LogP) is 9.22. The van der Waals surface area contributed by atoms with Crippen LogP contribution in [0.5, 0.6) is 5.75 Å². The number of benzene rings is 2. The van der Waals surface area contributed by atoms with Crippen molar-refractivity contribution in [3.63, 3.8) is 0 Å². The summed E-state index contributed by atoms with van der Waals surface area (Å²) in [5.41, 5.74) is 3.85. The first-order valence-electron chi connectivity index (χ1n) is 14.3. The van der Waals surface area contributed by atoms with Crippen molar-refractivity contribution in [2.45, 2.75) is 91.9 Å². The van der Waals surface area contributed by atoms with Crippen molar-refractivity contribution in [1.82, 2.24) is 9.97 Å². The number of hydrogen-bond donors (Lipinski definition) is 0. The van der Waals surface area contributed by atoms with Crippen molar-refractivity contribution in [2.75, 3.05) is 0 Å². The molecule has 0 aliphatic carbocycles. The molecule has 1 aromatic heterocycles. The highest BCUT2D eigenvalue weighted by Gasteiger charge is 2.18. The molecular weight excluding hydrogens is 475 g/mol. The van der Waals surface area contributed by atoms with E-state index < -0.39 is 11.8 Å². The standard InChI is InChI=1S/C33H43FN2O2/c1-5-6-7-8-9-10-14-26-15-17-27(18-16-26)29-22-35-32(36-23-29)28-19-20-31(30(34)21-28)38-33(37)25(4)13-11-12-24(2)3/h15-25H,5-14H2,1-4H3. The monoisotopic (exact) mass is 518 g/mol. The van der Waals surface area contributed by atoms with Gasteiger partial charge in [0.15, 0.2) is 17.4 Å². The third-order valence-corrected chi connectivity index (χ3v) is 6.98. The molecule has 3 aromatic rings. The van der Waals surface area contributed by atoms with Crippen molar-refractivity contribution >= 4 is 5.97 Å². The smallest absolute Gasteiger partial charge is 0.314 e. The summed E-state index contributed by atoms with van der Waals surface area (Å²) in [5, 5.41) is 0. The highest BCUT2D eigenvalue weighted by atomic mass is 19.1. The minimum absolute atomic E-state index is 0.0628. The average molecular weight is 519 g/mol. The van der Waals surface area contributed by atoms with Gasteiger partial charge in [0.2, 0.25) is 0 Å². The first-order chi connectivity index (χ1) is 18.4. The van der Waals surface area contributed by atoms with E-state index in [1.165, 1.54) is 56.2 Å². The van der Waals surface area contributed by atoms with Crippen LogP contribution in [0.1, 0.15) is 91.0 Å². The summed E-state index contributed by atoms with van der Waals surface area (Å²) >= 11 is 0. The summed E-state index contributed by atoms with van der Waals surface area (Å²) in [4.78, 5) is 21.3. The van der Waals surface area contributed by atoms with Gasteiger partial charge < -0.3 is 4.74 Å². The quantitative estimate of drug-likeness (QED) is 0.114. The van der Waals surface area contributed by atoms with Crippen molar-refractivity contribution in [3.05, 3.63) is 66.2 Å². The number of hydrogen-bond acceptors (Lipinski definition) is 4. The van der Waals surface area contributed by atoms with Gasteiger partial charge in [-0.3, -0.25) is 4.79 Å². The number of nitrogens with zero attached hydrogens (tertiary/aromatic N) is 2. The van der Waals surface area contributed by atoms with Crippen LogP contribution < -0.4 is 4.74 Å².